The van der Waals surface area contributed by atoms with Gasteiger partial charge in [-0.2, -0.15) is 5.10 Å². The molecule has 0 spiro atoms. The summed E-state index contributed by atoms with van der Waals surface area (Å²) >= 11 is 3.36. The van der Waals surface area contributed by atoms with Crippen LogP contribution in [0.2, 0.25) is 0 Å². The highest BCUT2D eigenvalue weighted by Gasteiger charge is 2.04. The molecule has 0 fully saturated rings. The fourth-order valence-corrected chi connectivity index (χ4v) is 2.38. The minimum Gasteiger partial charge on any atom is -0.357 e. The molecule has 25 heavy (non-hydrogen) atoms. The van der Waals surface area contributed by atoms with Crippen LogP contribution in [0.5, 0.6) is 0 Å². The first-order valence-corrected chi connectivity index (χ1v) is 8.92. The lowest BCUT2D eigenvalue weighted by atomic mass is 10.2. The smallest absolute Gasteiger partial charge is 0.251 e. The zero-order chi connectivity index (χ0) is 18.1. The third-order valence-corrected chi connectivity index (χ3v) is 4.00. The first kappa shape index (κ1) is 19.0. The molecule has 1 aromatic carbocycles. The fourth-order valence-electron chi connectivity index (χ4n) is 2.12. The predicted octanol–water partition coefficient (Wildman–Crippen LogP) is 1.67. The molecule has 1 aromatic heterocycles. The highest BCUT2D eigenvalue weighted by atomic mass is 79.9. The summed E-state index contributed by atoms with van der Waals surface area (Å²) in [7, 11) is 1.89. The summed E-state index contributed by atoms with van der Waals surface area (Å²) in [5.41, 5.74) is 1.67. The number of nitrogens with zero attached hydrogens (tertiary/aromatic N) is 3. The summed E-state index contributed by atoms with van der Waals surface area (Å²) < 4.78 is 2.75. The van der Waals surface area contributed by atoms with Crippen LogP contribution in [-0.2, 0) is 13.6 Å². The van der Waals surface area contributed by atoms with Crippen LogP contribution in [-0.4, -0.2) is 41.3 Å². The second-order valence-electron chi connectivity index (χ2n) is 5.33. The van der Waals surface area contributed by atoms with E-state index in [1.165, 1.54) is 0 Å². The number of benzene rings is 1. The second kappa shape index (κ2) is 9.83. The molecule has 0 atom stereocenters. The number of nitrogens with one attached hydrogen (secondary N) is 3. The summed E-state index contributed by atoms with van der Waals surface area (Å²) in [6.07, 6.45) is 1.75. The Morgan fingerprint density at radius 2 is 1.88 bits per heavy atom. The lowest BCUT2D eigenvalue weighted by molar-refractivity contribution is 0.0954. The molecule has 0 bridgehead atoms. The molecule has 3 N–H and O–H groups in total. The van der Waals surface area contributed by atoms with E-state index in [-0.39, 0.29) is 5.91 Å². The lowest BCUT2D eigenvalue weighted by Gasteiger charge is -2.12. The first-order valence-electron chi connectivity index (χ1n) is 8.13. The minimum absolute atomic E-state index is 0.0916. The van der Waals surface area contributed by atoms with Crippen molar-refractivity contribution in [1.29, 1.82) is 0 Å². The molecule has 0 aliphatic carbocycles. The average Bonchev–Trinajstić information content (AvgIpc) is 3.02. The van der Waals surface area contributed by atoms with E-state index in [0.717, 1.165) is 16.7 Å². The van der Waals surface area contributed by atoms with Gasteiger partial charge in [0.05, 0.1) is 12.2 Å². The maximum atomic E-state index is 12.0. The molecule has 0 aliphatic heterocycles. The van der Waals surface area contributed by atoms with Gasteiger partial charge in [0.25, 0.3) is 5.91 Å². The molecule has 0 saturated carbocycles. The summed E-state index contributed by atoms with van der Waals surface area (Å²) in [5.74, 6) is 0.618. The van der Waals surface area contributed by atoms with Gasteiger partial charge in [-0.1, -0.05) is 15.9 Å². The van der Waals surface area contributed by atoms with Crippen molar-refractivity contribution in [1.82, 2.24) is 25.7 Å². The van der Waals surface area contributed by atoms with Gasteiger partial charge in [-0.05, 0) is 37.3 Å². The van der Waals surface area contributed by atoms with Gasteiger partial charge in [-0.3, -0.25) is 9.48 Å². The van der Waals surface area contributed by atoms with Crippen LogP contribution < -0.4 is 16.0 Å². The molecule has 2 rings (SSSR count). The fraction of sp³-hybridized carbons (Fsp3) is 0.353. The maximum absolute atomic E-state index is 12.0. The van der Waals surface area contributed by atoms with Gasteiger partial charge in [0.2, 0.25) is 0 Å². The standard InChI is InChI=1S/C17H23BrN6O/c1-3-19-17(22-12-15-8-9-23-24(15)2)21-11-10-20-16(25)13-4-6-14(18)7-5-13/h4-9H,3,10-12H2,1-2H3,(H,20,25)(H2,19,21,22). The molecule has 134 valence electrons. The van der Waals surface area contributed by atoms with E-state index in [9.17, 15) is 4.79 Å². The van der Waals surface area contributed by atoms with Crippen LogP contribution in [0.25, 0.3) is 0 Å². The van der Waals surface area contributed by atoms with Gasteiger partial charge in [-0.15, -0.1) is 0 Å². The Morgan fingerprint density at radius 3 is 2.52 bits per heavy atom. The van der Waals surface area contributed by atoms with Crippen molar-refractivity contribution in [3.05, 3.63) is 52.3 Å². The molecule has 0 unspecified atom stereocenters. The maximum Gasteiger partial charge on any atom is 0.251 e. The van der Waals surface area contributed by atoms with Crippen LogP contribution >= 0.6 is 15.9 Å². The number of aromatic nitrogens is 2. The number of aryl methyl sites for hydroxylation is 1. The summed E-state index contributed by atoms with van der Waals surface area (Å²) in [5, 5.41) is 13.4. The number of hydrogen-bond acceptors (Lipinski definition) is 3. The number of hydrogen-bond donors (Lipinski definition) is 3. The highest BCUT2D eigenvalue weighted by Crippen LogP contribution is 2.10. The molecule has 8 heteroatoms. The molecule has 0 aliphatic rings. The van der Waals surface area contributed by atoms with E-state index in [1.54, 1.807) is 23.0 Å². The van der Waals surface area contributed by atoms with Gasteiger partial charge < -0.3 is 16.0 Å². The second-order valence-corrected chi connectivity index (χ2v) is 6.25. The zero-order valence-electron chi connectivity index (χ0n) is 14.4. The Morgan fingerprint density at radius 1 is 1.16 bits per heavy atom. The topological polar surface area (TPSA) is 83.3 Å². The normalized spacial score (nSPS) is 11.2. The molecular formula is C17H23BrN6O. The molecule has 1 amide bonds. The van der Waals surface area contributed by atoms with E-state index in [0.29, 0.717) is 31.2 Å². The lowest BCUT2D eigenvalue weighted by Crippen LogP contribution is -2.41. The Hall–Kier alpha value is -2.35. The van der Waals surface area contributed by atoms with Crippen molar-refractivity contribution >= 4 is 27.8 Å². The van der Waals surface area contributed by atoms with E-state index < -0.39 is 0 Å². The Balaban J connectivity index is 1.78. The summed E-state index contributed by atoms with van der Waals surface area (Å²) in [6.45, 7) is 4.40. The minimum atomic E-state index is -0.0916. The summed E-state index contributed by atoms with van der Waals surface area (Å²) in [4.78, 5) is 16.6. The van der Waals surface area contributed by atoms with Crippen molar-refractivity contribution in [2.24, 2.45) is 12.0 Å². The van der Waals surface area contributed by atoms with Gasteiger partial charge in [0.1, 0.15) is 0 Å². The van der Waals surface area contributed by atoms with E-state index in [4.69, 9.17) is 0 Å². The van der Waals surface area contributed by atoms with Crippen LogP contribution in [0, 0.1) is 0 Å². The third-order valence-electron chi connectivity index (χ3n) is 3.48. The van der Waals surface area contributed by atoms with Crippen molar-refractivity contribution < 1.29 is 4.79 Å². The van der Waals surface area contributed by atoms with Crippen molar-refractivity contribution in [2.75, 3.05) is 19.6 Å². The Labute approximate surface area is 156 Å². The average molecular weight is 407 g/mol. The monoisotopic (exact) mass is 406 g/mol. The van der Waals surface area contributed by atoms with Crippen LogP contribution in [0.3, 0.4) is 0 Å². The van der Waals surface area contributed by atoms with E-state index >= 15 is 0 Å². The Bertz CT molecular complexity index is 710. The van der Waals surface area contributed by atoms with Crippen molar-refractivity contribution in [2.45, 2.75) is 13.5 Å². The number of aliphatic imine (C=N–C) groups is 1. The largest absolute Gasteiger partial charge is 0.357 e. The third kappa shape index (κ3) is 6.22. The number of guanidine groups is 1. The van der Waals surface area contributed by atoms with E-state index in [2.05, 4.69) is 42.0 Å². The number of halogens is 1. The highest BCUT2D eigenvalue weighted by molar-refractivity contribution is 9.10. The predicted molar refractivity (Wildman–Crippen MR) is 103 cm³/mol. The molecule has 0 radical (unpaired) electrons. The molecule has 0 saturated heterocycles. The molecule has 1 heterocycles. The molecular weight excluding hydrogens is 384 g/mol. The number of rotatable bonds is 7. The van der Waals surface area contributed by atoms with Crippen molar-refractivity contribution in [3.63, 3.8) is 0 Å². The van der Waals surface area contributed by atoms with Gasteiger partial charge in [0, 0.05) is 42.9 Å². The van der Waals surface area contributed by atoms with Crippen LogP contribution in [0.4, 0.5) is 0 Å². The molecule has 7 nitrogen and oxygen atoms in total. The van der Waals surface area contributed by atoms with Crippen LogP contribution in [0.1, 0.15) is 23.0 Å². The zero-order valence-corrected chi connectivity index (χ0v) is 16.0. The first-order chi connectivity index (χ1) is 12.1. The number of amides is 1. The molecule has 2 aromatic rings. The number of carbonyl (C=O) groups is 1. The SMILES string of the molecule is CCNC(=NCc1ccnn1C)NCCNC(=O)c1ccc(Br)cc1. The van der Waals surface area contributed by atoms with E-state index in [1.807, 2.05) is 32.2 Å². The van der Waals surface area contributed by atoms with Gasteiger partial charge in [0.15, 0.2) is 5.96 Å². The number of carbonyl (C=O) groups excluding carboxylic acids is 1. The van der Waals surface area contributed by atoms with Crippen molar-refractivity contribution in [3.8, 4) is 0 Å². The summed E-state index contributed by atoms with van der Waals surface area (Å²) in [6, 6.07) is 9.20. The van der Waals surface area contributed by atoms with Gasteiger partial charge in [-0.25, -0.2) is 4.99 Å². The Kier molecular flexibility index (Phi) is 7.46. The quantitative estimate of drug-likeness (QED) is 0.371. The van der Waals surface area contributed by atoms with Crippen LogP contribution in [0.15, 0.2) is 46.0 Å². The van der Waals surface area contributed by atoms with Gasteiger partial charge >= 0.3 is 0 Å².